The van der Waals surface area contributed by atoms with Gasteiger partial charge in [0.05, 0.1) is 12.0 Å². The molecule has 2 N–H and O–H groups in total. The standard InChI is InChI=1S/C29H42N6O2/c1-21(2)18-23(20-30)31-28(36)24-9-5-6-10-25(24)32-29(37)27-19-22-8-4-7-11-26(22)35(27)17-16-34-14-12-33(3)13-15-34/h4,7-8,11,19,21,23-25H,5-6,9-10,12-18H2,1-3H3,(H,31,36)(H,32,37). The van der Waals surface area contributed by atoms with Crippen molar-refractivity contribution in [3.8, 4) is 6.07 Å². The Morgan fingerprint density at radius 1 is 1.08 bits per heavy atom. The summed E-state index contributed by atoms with van der Waals surface area (Å²) in [5.41, 5.74) is 1.71. The highest BCUT2D eigenvalue weighted by molar-refractivity contribution is 5.99. The molecule has 1 aromatic heterocycles. The van der Waals surface area contributed by atoms with Gasteiger partial charge >= 0.3 is 0 Å². The van der Waals surface area contributed by atoms with Crippen molar-refractivity contribution < 1.29 is 9.59 Å². The molecule has 3 atom stereocenters. The number of carbonyl (C=O) groups is 2. The number of piperazine rings is 1. The summed E-state index contributed by atoms with van der Waals surface area (Å²) >= 11 is 0. The van der Waals surface area contributed by atoms with E-state index in [0.717, 1.165) is 75.9 Å². The van der Waals surface area contributed by atoms with E-state index in [4.69, 9.17) is 0 Å². The summed E-state index contributed by atoms with van der Waals surface area (Å²) < 4.78 is 2.13. The number of fused-ring (bicyclic) bond motifs is 1. The lowest BCUT2D eigenvalue weighted by Crippen LogP contribution is -2.50. The average Bonchev–Trinajstić information content (AvgIpc) is 3.26. The van der Waals surface area contributed by atoms with Gasteiger partial charge in [-0.15, -0.1) is 0 Å². The lowest BCUT2D eigenvalue weighted by atomic mass is 9.83. The maximum absolute atomic E-state index is 13.7. The summed E-state index contributed by atoms with van der Waals surface area (Å²) in [6, 6.07) is 11.6. The highest BCUT2D eigenvalue weighted by Crippen LogP contribution is 2.26. The number of amides is 2. The first-order chi connectivity index (χ1) is 17.9. The number of hydrogen-bond acceptors (Lipinski definition) is 5. The van der Waals surface area contributed by atoms with Gasteiger partial charge in [-0.25, -0.2) is 0 Å². The maximum Gasteiger partial charge on any atom is 0.268 e. The molecule has 3 unspecified atom stereocenters. The molecule has 0 bridgehead atoms. The van der Waals surface area contributed by atoms with Crippen LogP contribution in [-0.4, -0.2) is 78.0 Å². The normalized spacial score (nSPS) is 22.0. The van der Waals surface area contributed by atoms with Crippen LogP contribution in [0.1, 0.15) is 56.4 Å². The van der Waals surface area contributed by atoms with Gasteiger partial charge in [-0.2, -0.15) is 5.26 Å². The van der Waals surface area contributed by atoms with Crippen molar-refractivity contribution in [3.05, 3.63) is 36.0 Å². The minimum atomic E-state index is -0.497. The average molecular weight is 507 g/mol. The van der Waals surface area contributed by atoms with E-state index < -0.39 is 6.04 Å². The van der Waals surface area contributed by atoms with Crippen LogP contribution in [0.25, 0.3) is 10.9 Å². The number of rotatable bonds is 9. The van der Waals surface area contributed by atoms with E-state index in [-0.39, 0.29) is 23.8 Å². The summed E-state index contributed by atoms with van der Waals surface area (Å²) in [7, 11) is 2.16. The second-order valence-electron chi connectivity index (χ2n) is 11.2. The molecule has 2 heterocycles. The third-order valence-electron chi connectivity index (χ3n) is 7.88. The Morgan fingerprint density at radius 3 is 2.54 bits per heavy atom. The van der Waals surface area contributed by atoms with E-state index in [0.29, 0.717) is 18.0 Å². The van der Waals surface area contributed by atoms with E-state index >= 15 is 0 Å². The molecule has 0 spiro atoms. The van der Waals surface area contributed by atoms with E-state index in [1.807, 2.05) is 38.1 Å². The predicted octanol–water partition coefficient (Wildman–Crippen LogP) is 3.23. The van der Waals surface area contributed by atoms with Crippen molar-refractivity contribution in [1.29, 1.82) is 5.26 Å². The number of hydrogen-bond donors (Lipinski definition) is 2. The van der Waals surface area contributed by atoms with Gasteiger partial charge in [0.2, 0.25) is 5.91 Å². The minimum absolute atomic E-state index is 0.118. The second kappa shape index (κ2) is 12.6. The smallest absolute Gasteiger partial charge is 0.268 e. The Balaban J connectivity index is 1.48. The van der Waals surface area contributed by atoms with Gasteiger partial charge in [0.25, 0.3) is 5.91 Å². The monoisotopic (exact) mass is 506 g/mol. The molecule has 2 fully saturated rings. The summed E-state index contributed by atoms with van der Waals surface area (Å²) in [6.07, 6.45) is 4.06. The van der Waals surface area contributed by atoms with Gasteiger partial charge < -0.3 is 20.1 Å². The molecule has 200 valence electrons. The van der Waals surface area contributed by atoms with Gasteiger partial charge in [-0.05, 0) is 44.4 Å². The molecule has 8 heteroatoms. The number of aromatic nitrogens is 1. The van der Waals surface area contributed by atoms with Crippen molar-refractivity contribution in [3.63, 3.8) is 0 Å². The highest BCUT2D eigenvalue weighted by Gasteiger charge is 2.34. The Kier molecular flexibility index (Phi) is 9.23. The summed E-state index contributed by atoms with van der Waals surface area (Å²) in [6.45, 7) is 9.93. The quantitative estimate of drug-likeness (QED) is 0.545. The van der Waals surface area contributed by atoms with Gasteiger partial charge in [-0.1, -0.05) is 44.9 Å². The predicted molar refractivity (Wildman–Crippen MR) is 146 cm³/mol. The van der Waals surface area contributed by atoms with Crippen molar-refractivity contribution in [1.82, 2.24) is 25.0 Å². The molecule has 1 aromatic carbocycles. The first-order valence-corrected chi connectivity index (χ1v) is 13.9. The van der Waals surface area contributed by atoms with Crippen LogP contribution in [0.5, 0.6) is 0 Å². The third kappa shape index (κ3) is 6.91. The van der Waals surface area contributed by atoms with E-state index in [1.54, 1.807) is 0 Å². The molecule has 0 radical (unpaired) electrons. The Morgan fingerprint density at radius 2 is 1.81 bits per heavy atom. The number of para-hydroxylation sites is 1. The molecule has 2 amide bonds. The van der Waals surface area contributed by atoms with Crippen LogP contribution in [0.4, 0.5) is 0 Å². The SMILES string of the molecule is CC(C)CC(C#N)NC(=O)C1CCCCC1NC(=O)c1cc2ccccc2n1CCN1CCN(C)CC1. The van der Waals surface area contributed by atoms with Crippen molar-refractivity contribution in [2.75, 3.05) is 39.8 Å². The maximum atomic E-state index is 13.7. The number of nitrogens with zero attached hydrogens (tertiary/aromatic N) is 4. The molecule has 2 aromatic rings. The number of nitriles is 1. The Labute approximate surface area is 221 Å². The van der Waals surface area contributed by atoms with Gasteiger partial charge in [0.1, 0.15) is 11.7 Å². The van der Waals surface area contributed by atoms with E-state index in [2.05, 4.69) is 44.2 Å². The number of carbonyl (C=O) groups excluding carboxylic acids is 2. The fourth-order valence-electron chi connectivity index (χ4n) is 5.71. The molecule has 2 aliphatic rings. The topological polar surface area (TPSA) is 93.4 Å². The van der Waals surface area contributed by atoms with Crippen molar-refractivity contribution in [2.45, 2.75) is 64.6 Å². The number of benzene rings is 1. The molecular weight excluding hydrogens is 464 g/mol. The van der Waals surface area contributed by atoms with Gasteiger partial charge in [0, 0.05) is 56.2 Å². The van der Waals surface area contributed by atoms with Gasteiger partial charge in [0.15, 0.2) is 0 Å². The molecule has 37 heavy (non-hydrogen) atoms. The Hall–Kier alpha value is -2.89. The highest BCUT2D eigenvalue weighted by atomic mass is 16.2. The minimum Gasteiger partial charge on any atom is -0.347 e. The molecule has 8 nitrogen and oxygen atoms in total. The first-order valence-electron chi connectivity index (χ1n) is 13.9. The summed E-state index contributed by atoms with van der Waals surface area (Å²) in [5.74, 6) is -0.241. The molecule has 4 rings (SSSR count). The van der Waals surface area contributed by atoms with Gasteiger partial charge in [-0.3, -0.25) is 14.5 Å². The summed E-state index contributed by atoms with van der Waals surface area (Å²) in [5, 5.41) is 16.7. The second-order valence-corrected chi connectivity index (χ2v) is 11.2. The van der Waals surface area contributed by atoms with Crippen LogP contribution >= 0.6 is 0 Å². The lowest BCUT2D eigenvalue weighted by molar-refractivity contribution is -0.127. The third-order valence-corrected chi connectivity index (χ3v) is 7.88. The zero-order chi connectivity index (χ0) is 26.4. The van der Waals surface area contributed by atoms with E-state index in [9.17, 15) is 14.9 Å². The Bertz CT molecular complexity index is 1110. The van der Waals surface area contributed by atoms with Crippen LogP contribution in [-0.2, 0) is 11.3 Å². The van der Waals surface area contributed by atoms with Crippen LogP contribution in [0.3, 0.4) is 0 Å². The summed E-state index contributed by atoms with van der Waals surface area (Å²) in [4.78, 5) is 31.6. The molecule has 1 saturated carbocycles. The molecule has 1 aliphatic heterocycles. The lowest BCUT2D eigenvalue weighted by Gasteiger charge is -2.33. The van der Waals surface area contributed by atoms with E-state index in [1.165, 1.54) is 0 Å². The number of nitrogens with one attached hydrogen (secondary N) is 2. The van der Waals surface area contributed by atoms with Crippen LogP contribution in [0.2, 0.25) is 0 Å². The molecule has 1 saturated heterocycles. The van der Waals surface area contributed by atoms with Crippen LogP contribution in [0.15, 0.2) is 30.3 Å². The molecule has 1 aliphatic carbocycles. The molecular formula is C29H42N6O2. The fraction of sp³-hybridized carbons (Fsp3) is 0.621. The zero-order valence-corrected chi connectivity index (χ0v) is 22.6. The van der Waals surface area contributed by atoms with Crippen LogP contribution < -0.4 is 10.6 Å². The largest absolute Gasteiger partial charge is 0.347 e. The van der Waals surface area contributed by atoms with Crippen molar-refractivity contribution in [2.24, 2.45) is 11.8 Å². The zero-order valence-electron chi connectivity index (χ0n) is 22.6. The van der Waals surface area contributed by atoms with Crippen LogP contribution in [0, 0.1) is 23.2 Å². The number of likely N-dealkylation sites (N-methyl/N-ethyl adjacent to an activating group) is 1. The fourth-order valence-corrected chi connectivity index (χ4v) is 5.71. The first kappa shape index (κ1) is 27.2. The van der Waals surface area contributed by atoms with Crippen molar-refractivity contribution >= 4 is 22.7 Å².